The number of benzene rings is 1. The number of piperazine rings is 1. The summed E-state index contributed by atoms with van der Waals surface area (Å²) in [7, 11) is 0. The van der Waals surface area contributed by atoms with Gasteiger partial charge < -0.3 is 15.1 Å². The molecule has 0 aliphatic carbocycles. The first-order valence-electron chi connectivity index (χ1n) is 8.60. The Bertz CT molecular complexity index is 630. The molecule has 1 aromatic heterocycles. The summed E-state index contributed by atoms with van der Waals surface area (Å²) in [6.45, 7) is 7.46. The Morgan fingerprint density at radius 2 is 1.92 bits per heavy atom. The van der Waals surface area contributed by atoms with Crippen molar-refractivity contribution in [3.8, 4) is 5.69 Å². The number of amides is 2. The highest BCUT2D eigenvalue weighted by atomic mass is 16.2. The average molecular weight is 327 g/mol. The Morgan fingerprint density at radius 1 is 1.17 bits per heavy atom. The van der Waals surface area contributed by atoms with Crippen molar-refractivity contribution < 1.29 is 4.79 Å². The van der Waals surface area contributed by atoms with Crippen LogP contribution in [0.15, 0.2) is 42.7 Å². The summed E-state index contributed by atoms with van der Waals surface area (Å²) in [6.07, 6.45) is 4.53. The monoisotopic (exact) mass is 327 g/mol. The average Bonchev–Trinajstić information content (AvgIpc) is 3.17. The molecule has 1 aliphatic rings. The minimum absolute atomic E-state index is 0.0546. The van der Waals surface area contributed by atoms with Gasteiger partial charge in [0, 0.05) is 45.1 Å². The van der Waals surface area contributed by atoms with Gasteiger partial charge in [0.15, 0.2) is 0 Å². The van der Waals surface area contributed by atoms with Gasteiger partial charge in [0.25, 0.3) is 0 Å². The fourth-order valence-electron chi connectivity index (χ4n) is 2.93. The molecule has 6 heteroatoms. The number of hydrogen-bond acceptors (Lipinski definition) is 3. The van der Waals surface area contributed by atoms with Crippen LogP contribution in [-0.4, -0.2) is 64.9 Å². The van der Waals surface area contributed by atoms with E-state index < -0.39 is 0 Å². The number of aromatic nitrogens is 2. The molecule has 24 heavy (non-hydrogen) atoms. The van der Waals surface area contributed by atoms with Crippen LogP contribution in [0.25, 0.3) is 5.69 Å². The second-order valence-corrected chi connectivity index (χ2v) is 6.02. The van der Waals surface area contributed by atoms with Crippen LogP contribution in [0.1, 0.15) is 12.5 Å². The van der Waals surface area contributed by atoms with Gasteiger partial charge in [0.1, 0.15) is 0 Å². The molecule has 1 saturated heterocycles. The Morgan fingerprint density at radius 3 is 2.54 bits per heavy atom. The van der Waals surface area contributed by atoms with E-state index in [1.54, 1.807) is 6.20 Å². The molecule has 128 valence electrons. The number of nitrogens with zero attached hydrogens (tertiary/aromatic N) is 4. The van der Waals surface area contributed by atoms with Crippen molar-refractivity contribution in [2.45, 2.75) is 13.3 Å². The molecule has 2 aromatic rings. The number of likely N-dealkylation sites (N-methyl/N-ethyl adjacent to an activating group) is 1. The largest absolute Gasteiger partial charge is 0.338 e. The SMILES string of the molecule is CCN1CCN(C(=O)NCCc2ccc(-n3cccn3)cc2)CC1. The molecule has 0 spiro atoms. The van der Waals surface area contributed by atoms with Gasteiger partial charge in [-0.1, -0.05) is 19.1 Å². The minimum atomic E-state index is 0.0546. The molecule has 1 fully saturated rings. The molecule has 0 saturated carbocycles. The highest BCUT2D eigenvalue weighted by Gasteiger charge is 2.19. The summed E-state index contributed by atoms with van der Waals surface area (Å²) < 4.78 is 1.83. The van der Waals surface area contributed by atoms with Crippen molar-refractivity contribution in [3.63, 3.8) is 0 Å². The lowest BCUT2D eigenvalue weighted by Crippen LogP contribution is -2.51. The van der Waals surface area contributed by atoms with Crippen LogP contribution >= 0.6 is 0 Å². The number of hydrogen-bond donors (Lipinski definition) is 1. The topological polar surface area (TPSA) is 53.4 Å². The zero-order valence-electron chi connectivity index (χ0n) is 14.2. The highest BCUT2D eigenvalue weighted by Crippen LogP contribution is 2.09. The van der Waals surface area contributed by atoms with E-state index in [-0.39, 0.29) is 6.03 Å². The Labute approximate surface area is 143 Å². The van der Waals surface area contributed by atoms with Gasteiger partial charge in [0.05, 0.1) is 5.69 Å². The van der Waals surface area contributed by atoms with Crippen molar-refractivity contribution >= 4 is 6.03 Å². The molecule has 0 radical (unpaired) electrons. The Balaban J connectivity index is 1.42. The van der Waals surface area contributed by atoms with Crippen LogP contribution in [0.4, 0.5) is 4.79 Å². The van der Waals surface area contributed by atoms with Gasteiger partial charge in [-0.25, -0.2) is 9.48 Å². The van der Waals surface area contributed by atoms with Crippen molar-refractivity contribution in [1.29, 1.82) is 0 Å². The van der Waals surface area contributed by atoms with Gasteiger partial charge in [0.2, 0.25) is 0 Å². The number of nitrogens with one attached hydrogen (secondary N) is 1. The number of carbonyl (C=O) groups is 1. The van der Waals surface area contributed by atoms with Crippen LogP contribution in [0, 0.1) is 0 Å². The third-order valence-electron chi connectivity index (χ3n) is 4.50. The van der Waals surface area contributed by atoms with Crippen LogP contribution in [0.5, 0.6) is 0 Å². The van der Waals surface area contributed by atoms with Gasteiger partial charge in [-0.3, -0.25) is 0 Å². The summed E-state index contributed by atoms with van der Waals surface area (Å²) in [6, 6.07) is 10.2. The quantitative estimate of drug-likeness (QED) is 0.910. The summed E-state index contributed by atoms with van der Waals surface area (Å²) >= 11 is 0. The summed E-state index contributed by atoms with van der Waals surface area (Å²) in [4.78, 5) is 16.5. The zero-order chi connectivity index (χ0) is 16.8. The highest BCUT2D eigenvalue weighted by molar-refractivity contribution is 5.74. The van der Waals surface area contributed by atoms with Gasteiger partial charge in [-0.05, 0) is 36.7 Å². The number of urea groups is 1. The molecule has 1 aromatic carbocycles. The fourth-order valence-corrected chi connectivity index (χ4v) is 2.93. The molecule has 0 unspecified atom stereocenters. The molecule has 2 heterocycles. The Kier molecular flexibility index (Phi) is 5.48. The molecule has 0 bridgehead atoms. The third kappa shape index (κ3) is 4.14. The van der Waals surface area contributed by atoms with Crippen LogP contribution in [-0.2, 0) is 6.42 Å². The summed E-state index contributed by atoms with van der Waals surface area (Å²) in [5, 5.41) is 7.24. The third-order valence-corrected chi connectivity index (χ3v) is 4.50. The first-order chi connectivity index (χ1) is 11.8. The van der Waals surface area contributed by atoms with E-state index in [2.05, 4.69) is 34.4 Å². The van der Waals surface area contributed by atoms with Gasteiger partial charge in [-0.15, -0.1) is 0 Å². The zero-order valence-corrected chi connectivity index (χ0v) is 14.2. The minimum Gasteiger partial charge on any atom is -0.338 e. The predicted molar refractivity (Wildman–Crippen MR) is 94.4 cm³/mol. The lowest BCUT2D eigenvalue weighted by atomic mass is 10.1. The lowest BCUT2D eigenvalue weighted by molar-refractivity contribution is 0.143. The number of carbonyl (C=O) groups excluding carboxylic acids is 1. The van der Waals surface area contributed by atoms with Crippen LogP contribution < -0.4 is 5.32 Å². The van der Waals surface area contributed by atoms with Gasteiger partial charge in [-0.2, -0.15) is 5.10 Å². The van der Waals surface area contributed by atoms with Gasteiger partial charge >= 0.3 is 6.03 Å². The second kappa shape index (κ2) is 7.97. The summed E-state index contributed by atoms with van der Waals surface area (Å²) in [5.74, 6) is 0. The number of rotatable bonds is 5. The normalized spacial score (nSPS) is 15.5. The first kappa shape index (κ1) is 16.5. The second-order valence-electron chi connectivity index (χ2n) is 6.02. The molecule has 0 atom stereocenters. The van der Waals surface area contributed by atoms with Crippen molar-refractivity contribution in [2.24, 2.45) is 0 Å². The van der Waals surface area contributed by atoms with E-state index in [1.165, 1.54) is 5.56 Å². The molecule has 2 amide bonds. The molecule has 1 aliphatic heterocycles. The van der Waals surface area contributed by atoms with Crippen molar-refractivity contribution in [1.82, 2.24) is 24.9 Å². The standard InChI is InChI=1S/C18H25N5O/c1-2-21-12-14-22(15-13-21)18(24)19-10-8-16-4-6-17(7-5-16)23-11-3-9-20-23/h3-7,9,11H,2,8,10,12-15H2,1H3,(H,19,24). The summed E-state index contributed by atoms with van der Waals surface area (Å²) in [5.41, 5.74) is 2.25. The molecular weight excluding hydrogens is 302 g/mol. The lowest BCUT2D eigenvalue weighted by Gasteiger charge is -2.34. The maximum atomic E-state index is 12.2. The maximum absolute atomic E-state index is 12.2. The maximum Gasteiger partial charge on any atom is 0.317 e. The van der Waals surface area contributed by atoms with E-state index in [1.807, 2.05) is 34.0 Å². The van der Waals surface area contributed by atoms with Crippen molar-refractivity contribution in [3.05, 3.63) is 48.3 Å². The smallest absolute Gasteiger partial charge is 0.317 e. The molecular formula is C18H25N5O. The van der Waals surface area contributed by atoms with E-state index >= 15 is 0 Å². The van der Waals surface area contributed by atoms with E-state index in [9.17, 15) is 4.79 Å². The fraction of sp³-hybridized carbons (Fsp3) is 0.444. The molecule has 3 rings (SSSR count). The van der Waals surface area contributed by atoms with Crippen molar-refractivity contribution in [2.75, 3.05) is 39.3 Å². The van der Waals surface area contributed by atoms with E-state index in [0.29, 0.717) is 6.54 Å². The van der Waals surface area contributed by atoms with Crippen LogP contribution in [0.2, 0.25) is 0 Å². The first-order valence-corrected chi connectivity index (χ1v) is 8.60. The van der Waals surface area contributed by atoms with E-state index in [4.69, 9.17) is 0 Å². The van der Waals surface area contributed by atoms with E-state index in [0.717, 1.165) is 44.8 Å². The Hall–Kier alpha value is -2.34. The van der Waals surface area contributed by atoms with Crippen LogP contribution in [0.3, 0.4) is 0 Å². The molecule has 6 nitrogen and oxygen atoms in total. The molecule has 1 N–H and O–H groups in total. The predicted octanol–water partition coefficient (Wildman–Crippen LogP) is 1.76.